The van der Waals surface area contributed by atoms with Crippen molar-refractivity contribution in [1.82, 2.24) is 0 Å². The van der Waals surface area contributed by atoms with E-state index in [4.69, 9.17) is 5.73 Å². The van der Waals surface area contributed by atoms with E-state index < -0.39 is 0 Å². The molecule has 12 heavy (non-hydrogen) atoms. The molecule has 2 atom stereocenters. The number of benzene rings is 1. The molecule has 0 bridgehead atoms. The molecular weight excluding hydrogens is 146 g/mol. The number of hydrogen-bond donors (Lipinski definition) is 1. The van der Waals surface area contributed by atoms with Crippen molar-refractivity contribution in [2.24, 2.45) is 5.73 Å². The lowest BCUT2D eigenvalue weighted by atomic mass is 9.95. The summed E-state index contributed by atoms with van der Waals surface area (Å²) in [6.07, 6.45) is 1.06. The average molecular weight is 163 g/mol. The largest absolute Gasteiger partial charge is 0.328 e. The van der Waals surface area contributed by atoms with Gasteiger partial charge in [0.05, 0.1) is 0 Å². The molecule has 0 aliphatic rings. The van der Waals surface area contributed by atoms with E-state index in [9.17, 15) is 0 Å². The van der Waals surface area contributed by atoms with E-state index in [2.05, 4.69) is 38.1 Å². The standard InChI is InChI=1S/C11H17N/c1-9(8-10(2)12)11-6-4-3-5-7-11/h3-7,9-10H,8,12H2,1-2H3/t9-,10?/m0/s1. The third-order valence-corrected chi connectivity index (χ3v) is 2.09. The van der Waals surface area contributed by atoms with Gasteiger partial charge in [-0.05, 0) is 24.8 Å². The van der Waals surface area contributed by atoms with Gasteiger partial charge in [-0.25, -0.2) is 0 Å². The summed E-state index contributed by atoms with van der Waals surface area (Å²) in [6.45, 7) is 4.28. The molecule has 1 rings (SSSR count). The van der Waals surface area contributed by atoms with Crippen LogP contribution in [0.25, 0.3) is 0 Å². The monoisotopic (exact) mass is 163 g/mol. The molecule has 0 radical (unpaired) electrons. The molecule has 66 valence electrons. The lowest BCUT2D eigenvalue weighted by Crippen LogP contribution is -2.17. The molecule has 1 nitrogen and oxygen atoms in total. The summed E-state index contributed by atoms with van der Waals surface area (Å²) in [7, 11) is 0. The van der Waals surface area contributed by atoms with Crippen LogP contribution in [0.3, 0.4) is 0 Å². The van der Waals surface area contributed by atoms with Crippen molar-refractivity contribution in [3.63, 3.8) is 0 Å². The van der Waals surface area contributed by atoms with Gasteiger partial charge in [0.25, 0.3) is 0 Å². The topological polar surface area (TPSA) is 26.0 Å². The zero-order valence-electron chi connectivity index (χ0n) is 7.83. The Morgan fingerprint density at radius 1 is 1.17 bits per heavy atom. The van der Waals surface area contributed by atoms with Crippen LogP contribution in [-0.4, -0.2) is 6.04 Å². The minimum absolute atomic E-state index is 0.292. The van der Waals surface area contributed by atoms with Crippen LogP contribution in [-0.2, 0) is 0 Å². The summed E-state index contributed by atoms with van der Waals surface area (Å²) in [4.78, 5) is 0. The first kappa shape index (κ1) is 9.27. The molecule has 0 spiro atoms. The quantitative estimate of drug-likeness (QED) is 0.728. The van der Waals surface area contributed by atoms with Gasteiger partial charge < -0.3 is 5.73 Å². The summed E-state index contributed by atoms with van der Waals surface area (Å²) >= 11 is 0. The molecular formula is C11H17N. The second-order valence-electron chi connectivity index (χ2n) is 3.52. The first-order chi connectivity index (χ1) is 5.70. The minimum Gasteiger partial charge on any atom is -0.328 e. The maximum absolute atomic E-state index is 5.73. The molecule has 0 aliphatic heterocycles. The van der Waals surface area contributed by atoms with Crippen LogP contribution in [0.5, 0.6) is 0 Å². The fourth-order valence-electron chi connectivity index (χ4n) is 1.48. The van der Waals surface area contributed by atoms with Gasteiger partial charge in [-0.3, -0.25) is 0 Å². The Balaban J connectivity index is 2.59. The van der Waals surface area contributed by atoms with E-state index in [1.54, 1.807) is 0 Å². The lowest BCUT2D eigenvalue weighted by Gasteiger charge is -2.13. The van der Waals surface area contributed by atoms with Gasteiger partial charge in [-0.1, -0.05) is 37.3 Å². The summed E-state index contributed by atoms with van der Waals surface area (Å²) in [5, 5.41) is 0. The number of rotatable bonds is 3. The second kappa shape index (κ2) is 4.27. The maximum atomic E-state index is 5.73. The van der Waals surface area contributed by atoms with Crippen LogP contribution < -0.4 is 5.73 Å². The van der Waals surface area contributed by atoms with Gasteiger partial charge in [0.15, 0.2) is 0 Å². The highest BCUT2D eigenvalue weighted by molar-refractivity contribution is 5.18. The van der Waals surface area contributed by atoms with Gasteiger partial charge >= 0.3 is 0 Å². The Morgan fingerprint density at radius 3 is 2.25 bits per heavy atom. The summed E-state index contributed by atoms with van der Waals surface area (Å²) in [6, 6.07) is 10.8. The van der Waals surface area contributed by atoms with Crippen molar-refractivity contribution in [3.05, 3.63) is 35.9 Å². The van der Waals surface area contributed by atoms with E-state index in [1.807, 2.05) is 6.07 Å². The van der Waals surface area contributed by atoms with Crippen molar-refractivity contribution >= 4 is 0 Å². The van der Waals surface area contributed by atoms with E-state index in [1.165, 1.54) is 5.56 Å². The summed E-state index contributed by atoms with van der Waals surface area (Å²) in [5.74, 6) is 0.575. The average Bonchev–Trinajstić information content (AvgIpc) is 2.05. The van der Waals surface area contributed by atoms with Crippen LogP contribution >= 0.6 is 0 Å². The van der Waals surface area contributed by atoms with Gasteiger partial charge in [-0.2, -0.15) is 0 Å². The van der Waals surface area contributed by atoms with Crippen molar-refractivity contribution in [2.75, 3.05) is 0 Å². The minimum atomic E-state index is 0.292. The van der Waals surface area contributed by atoms with Crippen LogP contribution in [0.15, 0.2) is 30.3 Å². The molecule has 0 amide bonds. The van der Waals surface area contributed by atoms with Gasteiger partial charge in [0.1, 0.15) is 0 Å². The number of nitrogens with two attached hydrogens (primary N) is 1. The maximum Gasteiger partial charge on any atom is 0.00162 e. The van der Waals surface area contributed by atoms with Gasteiger partial charge in [0.2, 0.25) is 0 Å². The van der Waals surface area contributed by atoms with Crippen LogP contribution in [0.1, 0.15) is 31.7 Å². The molecule has 1 aromatic carbocycles. The van der Waals surface area contributed by atoms with Gasteiger partial charge in [0, 0.05) is 6.04 Å². The third-order valence-electron chi connectivity index (χ3n) is 2.09. The fraction of sp³-hybridized carbons (Fsp3) is 0.455. The molecule has 1 unspecified atom stereocenters. The molecule has 1 aromatic rings. The van der Waals surface area contributed by atoms with Crippen molar-refractivity contribution < 1.29 is 0 Å². The Hall–Kier alpha value is -0.820. The molecule has 1 heteroatoms. The Kier molecular flexibility index (Phi) is 3.30. The smallest absolute Gasteiger partial charge is 0.00162 e. The zero-order valence-corrected chi connectivity index (χ0v) is 7.83. The third kappa shape index (κ3) is 2.67. The summed E-state index contributed by atoms with van der Waals surface area (Å²) < 4.78 is 0. The Morgan fingerprint density at radius 2 is 1.75 bits per heavy atom. The lowest BCUT2D eigenvalue weighted by molar-refractivity contribution is 0.586. The molecule has 0 saturated carbocycles. The van der Waals surface area contributed by atoms with Crippen LogP contribution in [0.4, 0.5) is 0 Å². The molecule has 0 aliphatic carbocycles. The van der Waals surface area contributed by atoms with Crippen LogP contribution in [0.2, 0.25) is 0 Å². The predicted molar refractivity (Wildman–Crippen MR) is 53.1 cm³/mol. The Bertz CT molecular complexity index is 216. The van der Waals surface area contributed by atoms with Crippen molar-refractivity contribution in [3.8, 4) is 0 Å². The van der Waals surface area contributed by atoms with Gasteiger partial charge in [-0.15, -0.1) is 0 Å². The van der Waals surface area contributed by atoms with Crippen molar-refractivity contribution in [2.45, 2.75) is 32.2 Å². The number of hydrogen-bond acceptors (Lipinski definition) is 1. The normalized spacial score (nSPS) is 15.6. The highest BCUT2D eigenvalue weighted by atomic mass is 14.6. The van der Waals surface area contributed by atoms with Crippen LogP contribution in [0, 0.1) is 0 Å². The fourth-order valence-corrected chi connectivity index (χ4v) is 1.48. The SMILES string of the molecule is CC(N)C[C@H](C)c1ccccc1. The van der Waals surface area contributed by atoms with E-state index in [-0.39, 0.29) is 0 Å². The molecule has 0 saturated heterocycles. The van der Waals surface area contributed by atoms with Crippen molar-refractivity contribution in [1.29, 1.82) is 0 Å². The predicted octanol–water partition coefficient (Wildman–Crippen LogP) is 2.53. The first-order valence-corrected chi connectivity index (χ1v) is 4.50. The summed E-state index contributed by atoms with van der Waals surface area (Å²) in [5.41, 5.74) is 7.11. The zero-order chi connectivity index (χ0) is 8.97. The molecule has 0 aromatic heterocycles. The van der Waals surface area contributed by atoms with E-state index >= 15 is 0 Å². The molecule has 0 heterocycles. The highest BCUT2D eigenvalue weighted by Gasteiger charge is 2.06. The highest BCUT2D eigenvalue weighted by Crippen LogP contribution is 2.18. The van der Waals surface area contributed by atoms with E-state index in [0.29, 0.717) is 12.0 Å². The first-order valence-electron chi connectivity index (χ1n) is 4.50. The second-order valence-corrected chi connectivity index (χ2v) is 3.52. The molecule has 0 fully saturated rings. The molecule has 2 N–H and O–H groups in total. The van der Waals surface area contributed by atoms with E-state index in [0.717, 1.165) is 6.42 Å². The Labute approximate surface area is 74.6 Å².